The molecule has 2 unspecified atom stereocenters. The zero-order valence-electron chi connectivity index (χ0n) is 9.98. The number of hydrogen-bond donors (Lipinski definition) is 1. The number of piperidine rings is 1. The first-order chi connectivity index (χ1) is 7.63. The molecule has 1 heterocycles. The van der Waals surface area contributed by atoms with Crippen molar-refractivity contribution >= 4 is 10.0 Å². The number of hydrogen-bond acceptors (Lipinski definition) is 3. The van der Waals surface area contributed by atoms with E-state index in [9.17, 15) is 8.42 Å². The van der Waals surface area contributed by atoms with Crippen LogP contribution in [0, 0.1) is 5.92 Å². The molecule has 1 aliphatic carbocycles. The summed E-state index contributed by atoms with van der Waals surface area (Å²) in [4.78, 5) is 0. The zero-order valence-corrected chi connectivity index (χ0v) is 10.8. The third kappa shape index (κ3) is 2.57. The Hall–Kier alpha value is -0.130. The first-order valence-electron chi connectivity index (χ1n) is 6.33. The lowest BCUT2D eigenvalue weighted by molar-refractivity contribution is 0.333. The molecule has 2 bridgehead atoms. The lowest BCUT2D eigenvalue weighted by atomic mass is 10.1. The smallest absolute Gasteiger partial charge is 0.215 e. The van der Waals surface area contributed by atoms with Crippen molar-refractivity contribution in [2.45, 2.75) is 38.6 Å². The van der Waals surface area contributed by atoms with Crippen molar-refractivity contribution in [3.63, 3.8) is 0 Å². The molecule has 0 aromatic rings. The molecule has 0 radical (unpaired) electrons. The number of nitrogens with one attached hydrogen (secondary N) is 1. The summed E-state index contributed by atoms with van der Waals surface area (Å²) in [6, 6.07) is 0.321. The summed E-state index contributed by atoms with van der Waals surface area (Å²) in [6.45, 7) is 4.35. The second-order valence-electron chi connectivity index (χ2n) is 4.97. The number of sulfonamides is 1. The van der Waals surface area contributed by atoms with E-state index in [1.165, 1.54) is 6.42 Å². The molecule has 0 aromatic carbocycles. The lowest BCUT2D eigenvalue weighted by Gasteiger charge is -2.26. The largest absolute Gasteiger partial charge is 0.316 e. The molecule has 0 amide bonds. The van der Waals surface area contributed by atoms with Crippen LogP contribution in [0.15, 0.2) is 0 Å². The molecule has 2 atom stereocenters. The molecule has 2 aliphatic rings. The van der Waals surface area contributed by atoms with E-state index < -0.39 is 10.0 Å². The fourth-order valence-electron chi connectivity index (χ4n) is 2.84. The Labute approximate surface area is 98.4 Å². The third-order valence-electron chi connectivity index (χ3n) is 3.68. The van der Waals surface area contributed by atoms with Crippen LogP contribution in [0.4, 0.5) is 0 Å². The van der Waals surface area contributed by atoms with Crippen molar-refractivity contribution in [2.75, 3.05) is 25.4 Å². The zero-order chi connectivity index (χ0) is 11.6. The summed E-state index contributed by atoms with van der Waals surface area (Å²) in [5.74, 6) is 0.902. The maximum atomic E-state index is 12.1. The topological polar surface area (TPSA) is 49.4 Å². The normalized spacial score (nSPS) is 30.1. The van der Waals surface area contributed by atoms with Crippen LogP contribution in [-0.4, -0.2) is 44.2 Å². The summed E-state index contributed by atoms with van der Waals surface area (Å²) in [5.41, 5.74) is 0. The van der Waals surface area contributed by atoms with Crippen molar-refractivity contribution in [3.8, 4) is 0 Å². The predicted molar refractivity (Wildman–Crippen MR) is 64.8 cm³/mol. The van der Waals surface area contributed by atoms with Gasteiger partial charge in [0.25, 0.3) is 0 Å². The predicted octanol–water partition coefficient (Wildman–Crippen LogP) is 0.800. The van der Waals surface area contributed by atoms with Crippen LogP contribution in [0.2, 0.25) is 0 Å². The molecule has 16 heavy (non-hydrogen) atoms. The minimum Gasteiger partial charge on any atom is -0.316 e. The van der Waals surface area contributed by atoms with Gasteiger partial charge in [0, 0.05) is 19.1 Å². The van der Waals surface area contributed by atoms with Crippen LogP contribution < -0.4 is 5.32 Å². The van der Waals surface area contributed by atoms with Gasteiger partial charge < -0.3 is 5.32 Å². The molecule has 2 rings (SSSR count). The van der Waals surface area contributed by atoms with E-state index in [2.05, 4.69) is 12.2 Å². The molecule has 1 saturated heterocycles. The Kier molecular flexibility index (Phi) is 3.87. The number of rotatable bonds is 6. The summed E-state index contributed by atoms with van der Waals surface area (Å²) >= 11 is 0. The van der Waals surface area contributed by atoms with Crippen molar-refractivity contribution < 1.29 is 8.42 Å². The first-order valence-corrected chi connectivity index (χ1v) is 7.94. The van der Waals surface area contributed by atoms with Crippen LogP contribution in [0.3, 0.4) is 0 Å². The van der Waals surface area contributed by atoms with Gasteiger partial charge in [-0.15, -0.1) is 0 Å². The summed E-state index contributed by atoms with van der Waals surface area (Å²) < 4.78 is 25.9. The fourth-order valence-corrected chi connectivity index (χ4v) is 4.56. The number of nitrogens with zero attached hydrogens (tertiary/aromatic N) is 1. The monoisotopic (exact) mass is 246 g/mol. The van der Waals surface area contributed by atoms with E-state index in [1.54, 1.807) is 4.31 Å². The average molecular weight is 246 g/mol. The first kappa shape index (κ1) is 12.3. The Morgan fingerprint density at radius 2 is 2.12 bits per heavy atom. The van der Waals surface area contributed by atoms with Crippen molar-refractivity contribution in [3.05, 3.63) is 0 Å². The number of fused-ring (bicyclic) bond motifs is 2. The highest BCUT2D eigenvalue weighted by atomic mass is 32.2. The van der Waals surface area contributed by atoms with Crippen LogP contribution >= 0.6 is 0 Å². The van der Waals surface area contributed by atoms with E-state index in [0.29, 0.717) is 18.5 Å². The van der Waals surface area contributed by atoms with Gasteiger partial charge in [-0.05, 0) is 38.1 Å². The maximum Gasteiger partial charge on any atom is 0.215 e. The second-order valence-corrected chi connectivity index (χ2v) is 7.01. The Morgan fingerprint density at radius 1 is 1.31 bits per heavy atom. The van der Waals surface area contributed by atoms with E-state index in [-0.39, 0.29) is 5.75 Å². The van der Waals surface area contributed by atoms with Gasteiger partial charge in [0.05, 0.1) is 5.75 Å². The Morgan fingerprint density at radius 3 is 2.69 bits per heavy atom. The Bertz CT molecular complexity index is 329. The molecule has 94 valence electrons. The molecule has 5 heteroatoms. The summed E-state index contributed by atoms with van der Waals surface area (Å²) in [5, 5.41) is 3.15. The summed E-state index contributed by atoms with van der Waals surface area (Å²) in [6.07, 6.45) is 4.45. The van der Waals surface area contributed by atoms with Crippen molar-refractivity contribution in [2.24, 2.45) is 5.92 Å². The molecular weight excluding hydrogens is 224 g/mol. The van der Waals surface area contributed by atoms with Crippen LogP contribution in [0.5, 0.6) is 0 Å². The highest BCUT2D eigenvalue weighted by molar-refractivity contribution is 7.89. The maximum absolute atomic E-state index is 12.1. The molecule has 0 aromatic heterocycles. The van der Waals surface area contributed by atoms with Crippen molar-refractivity contribution in [1.29, 1.82) is 0 Å². The second kappa shape index (κ2) is 5.02. The molecule has 1 N–H and O–H groups in total. The fraction of sp³-hybridized carbons (Fsp3) is 1.00. The van der Waals surface area contributed by atoms with E-state index >= 15 is 0 Å². The van der Waals surface area contributed by atoms with Gasteiger partial charge in [-0.3, -0.25) is 0 Å². The minimum atomic E-state index is -3.00. The molecule has 0 spiro atoms. The van der Waals surface area contributed by atoms with Gasteiger partial charge in [0.2, 0.25) is 10.0 Å². The SMILES string of the molecule is CCCNCCS(=O)(=O)N1CC2CCC1C2. The van der Waals surface area contributed by atoms with E-state index in [4.69, 9.17) is 0 Å². The van der Waals surface area contributed by atoms with Crippen molar-refractivity contribution in [1.82, 2.24) is 9.62 Å². The molecule has 2 fully saturated rings. The molecule has 4 nitrogen and oxygen atoms in total. The van der Waals surface area contributed by atoms with Crippen LogP contribution in [-0.2, 0) is 10.0 Å². The summed E-state index contributed by atoms with van der Waals surface area (Å²) in [7, 11) is -3.00. The standard InChI is InChI=1S/C11H22N2O2S/c1-2-5-12-6-7-16(14,15)13-9-10-3-4-11(13)8-10/h10-12H,2-9H2,1H3. The van der Waals surface area contributed by atoms with Gasteiger partial charge in [-0.25, -0.2) is 8.42 Å². The minimum absolute atomic E-state index is 0.260. The van der Waals surface area contributed by atoms with Gasteiger partial charge in [-0.1, -0.05) is 6.92 Å². The highest BCUT2D eigenvalue weighted by Gasteiger charge is 2.43. The molecule has 1 saturated carbocycles. The molecule has 1 aliphatic heterocycles. The quantitative estimate of drug-likeness (QED) is 0.705. The van der Waals surface area contributed by atoms with E-state index in [0.717, 1.165) is 32.4 Å². The van der Waals surface area contributed by atoms with Gasteiger partial charge in [0.15, 0.2) is 0 Å². The van der Waals surface area contributed by atoms with Gasteiger partial charge in [0.1, 0.15) is 0 Å². The molecular formula is C11H22N2O2S. The Balaban J connectivity index is 1.83. The van der Waals surface area contributed by atoms with E-state index in [1.807, 2.05) is 0 Å². The van der Waals surface area contributed by atoms with Gasteiger partial charge in [-0.2, -0.15) is 4.31 Å². The highest BCUT2D eigenvalue weighted by Crippen LogP contribution is 2.38. The average Bonchev–Trinajstić information content (AvgIpc) is 2.86. The third-order valence-corrected chi connectivity index (χ3v) is 5.56. The van der Waals surface area contributed by atoms with Crippen LogP contribution in [0.1, 0.15) is 32.6 Å². The lowest BCUT2D eigenvalue weighted by Crippen LogP contribution is -2.41. The van der Waals surface area contributed by atoms with Gasteiger partial charge >= 0.3 is 0 Å². The van der Waals surface area contributed by atoms with Crippen LogP contribution in [0.25, 0.3) is 0 Å².